The van der Waals surface area contributed by atoms with E-state index >= 15 is 0 Å². The van der Waals surface area contributed by atoms with Gasteiger partial charge in [0.25, 0.3) is 0 Å². The van der Waals surface area contributed by atoms with Crippen LogP contribution in [0.15, 0.2) is 48.5 Å². The van der Waals surface area contributed by atoms with Gasteiger partial charge in [0.15, 0.2) is 0 Å². The van der Waals surface area contributed by atoms with Crippen LogP contribution in [0.5, 0.6) is 0 Å². The number of hydrogen-bond donors (Lipinski definition) is 1. The molecule has 3 rings (SSSR count). The first kappa shape index (κ1) is 24.2. The molecule has 6 nitrogen and oxygen atoms in total. The molecule has 0 radical (unpaired) electrons. The molecule has 1 amide bonds. The van der Waals surface area contributed by atoms with E-state index in [0.717, 1.165) is 13.0 Å². The van der Waals surface area contributed by atoms with Crippen molar-refractivity contribution in [1.29, 1.82) is 0 Å². The highest BCUT2D eigenvalue weighted by molar-refractivity contribution is 5.79. The molecule has 0 saturated heterocycles. The van der Waals surface area contributed by atoms with Crippen LogP contribution in [0.25, 0.3) is 11.1 Å². The molecule has 32 heavy (non-hydrogen) atoms. The van der Waals surface area contributed by atoms with Crippen molar-refractivity contribution in [2.45, 2.75) is 32.1 Å². The van der Waals surface area contributed by atoms with E-state index in [4.69, 9.17) is 18.9 Å². The maximum absolute atomic E-state index is 12.1. The Labute approximate surface area is 191 Å². The molecule has 0 unspecified atom stereocenters. The van der Waals surface area contributed by atoms with Gasteiger partial charge in [-0.05, 0) is 28.7 Å². The van der Waals surface area contributed by atoms with Gasteiger partial charge in [-0.2, -0.15) is 0 Å². The second kappa shape index (κ2) is 13.9. The van der Waals surface area contributed by atoms with Gasteiger partial charge in [0, 0.05) is 19.1 Å². The molecule has 0 atom stereocenters. The van der Waals surface area contributed by atoms with E-state index in [1.807, 2.05) is 24.3 Å². The number of fused-ring (bicyclic) bond motifs is 3. The molecular formula is C26H35NO5. The van der Waals surface area contributed by atoms with Crippen LogP contribution in [0.2, 0.25) is 0 Å². The number of unbranched alkanes of at least 4 members (excludes halogenated alkanes) is 2. The molecule has 0 bridgehead atoms. The molecule has 174 valence electrons. The van der Waals surface area contributed by atoms with E-state index < -0.39 is 6.09 Å². The summed E-state index contributed by atoms with van der Waals surface area (Å²) in [6, 6.07) is 16.6. The van der Waals surface area contributed by atoms with E-state index in [9.17, 15) is 4.79 Å². The molecule has 0 aromatic heterocycles. The average Bonchev–Trinajstić information content (AvgIpc) is 3.14. The quantitative estimate of drug-likeness (QED) is 0.404. The fourth-order valence-corrected chi connectivity index (χ4v) is 3.87. The van der Waals surface area contributed by atoms with Crippen LogP contribution in [0.3, 0.4) is 0 Å². The molecule has 0 saturated carbocycles. The van der Waals surface area contributed by atoms with E-state index in [0.29, 0.717) is 46.2 Å². The van der Waals surface area contributed by atoms with Crippen molar-refractivity contribution in [3.63, 3.8) is 0 Å². The van der Waals surface area contributed by atoms with Gasteiger partial charge in [0.05, 0.1) is 33.0 Å². The predicted molar refractivity (Wildman–Crippen MR) is 125 cm³/mol. The Morgan fingerprint density at radius 3 is 1.97 bits per heavy atom. The Morgan fingerprint density at radius 2 is 1.34 bits per heavy atom. The molecular weight excluding hydrogens is 406 g/mol. The minimum Gasteiger partial charge on any atom is -0.449 e. The minimum absolute atomic E-state index is 0.0668. The number of benzene rings is 2. The Morgan fingerprint density at radius 1 is 0.781 bits per heavy atom. The van der Waals surface area contributed by atoms with Crippen molar-refractivity contribution < 1.29 is 23.7 Å². The highest BCUT2D eigenvalue weighted by Gasteiger charge is 2.28. The van der Waals surface area contributed by atoms with Crippen LogP contribution < -0.4 is 5.32 Å². The van der Waals surface area contributed by atoms with Crippen molar-refractivity contribution in [3.8, 4) is 11.1 Å². The Hall–Kier alpha value is -2.41. The van der Waals surface area contributed by atoms with Crippen LogP contribution in [0.4, 0.5) is 4.79 Å². The number of hydrogen-bond acceptors (Lipinski definition) is 5. The van der Waals surface area contributed by atoms with Crippen LogP contribution in [0.1, 0.15) is 43.2 Å². The summed E-state index contributed by atoms with van der Waals surface area (Å²) in [5, 5.41) is 2.74. The van der Waals surface area contributed by atoms with Gasteiger partial charge >= 0.3 is 6.09 Å². The number of rotatable bonds is 15. The lowest BCUT2D eigenvalue weighted by Gasteiger charge is -2.14. The third-order valence-corrected chi connectivity index (χ3v) is 5.50. The summed E-state index contributed by atoms with van der Waals surface area (Å²) < 4.78 is 21.9. The standard InChI is InChI=1S/C26H35NO5/c1-2-3-8-14-29-16-18-31-19-17-30-15-13-27-26(28)32-20-25-23-11-6-4-9-21(23)22-10-5-7-12-24(22)25/h4-7,9-12,25H,2-3,8,13-20H2,1H3,(H,27,28). The zero-order chi connectivity index (χ0) is 22.4. The van der Waals surface area contributed by atoms with Gasteiger partial charge in [0.1, 0.15) is 6.61 Å². The zero-order valence-electron chi connectivity index (χ0n) is 19.0. The first-order valence-corrected chi connectivity index (χ1v) is 11.6. The number of amides is 1. The first-order valence-electron chi connectivity index (χ1n) is 11.6. The average molecular weight is 442 g/mol. The Balaban J connectivity index is 1.23. The van der Waals surface area contributed by atoms with Crippen LogP contribution in [0, 0.1) is 0 Å². The summed E-state index contributed by atoms with van der Waals surface area (Å²) in [5.41, 5.74) is 4.85. The molecule has 0 heterocycles. The number of carbonyl (C=O) groups excluding carboxylic acids is 1. The maximum atomic E-state index is 12.1. The van der Waals surface area contributed by atoms with Crippen molar-refractivity contribution in [2.24, 2.45) is 0 Å². The van der Waals surface area contributed by atoms with Crippen LogP contribution in [-0.2, 0) is 18.9 Å². The lowest BCUT2D eigenvalue weighted by Crippen LogP contribution is -2.29. The highest BCUT2D eigenvalue weighted by atomic mass is 16.6. The van der Waals surface area contributed by atoms with Gasteiger partial charge in [-0.3, -0.25) is 0 Å². The first-order chi connectivity index (χ1) is 15.8. The molecule has 0 spiro atoms. The van der Waals surface area contributed by atoms with Gasteiger partial charge in [-0.15, -0.1) is 0 Å². The molecule has 1 aliphatic carbocycles. The summed E-state index contributed by atoms with van der Waals surface area (Å²) in [6.45, 7) is 6.31. The maximum Gasteiger partial charge on any atom is 0.407 e. The van der Waals surface area contributed by atoms with E-state index in [1.54, 1.807) is 0 Å². The third-order valence-electron chi connectivity index (χ3n) is 5.50. The number of carbonyl (C=O) groups is 1. The summed E-state index contributed by atoms with van der Waals surface area (Å²) in [5.74, 6) is 0.0668. The Bertz CT molecular complexity index is 780. The molecule has 0 aliphatic heterocycles. The number of ether oxygens (including phenoxy) is 4. The summed E-state index contributed by atoms with van der Waals surface area (Å²) in [7, 11) is 0. The van der Waals surface area contributed by atoms with Gasteiger partial charge in [0.2, 0.25) is 0 Å². The molecule has 0 fully saturated rings. The predicted octanol–water partition coefficient (Wildman–Crippen LogP) is 4.77. The van der Waals surface area contributed by atoms with Gasteiger partial charge in [-0.25, -0.2) is 4.79 Å². The summed E-state index contributed by atoms with van der Waals surface area (Å²) in [6.07, 6.45) is 3.09. The minimum atomic E-state index is -0.424. The van der Waals surface area contributed by atoms with E-state index in [2.05, 4.69) is 36.5 Å². The van der Waals surface area contributed by atoms with Crippen LogP contribution in [-0.4, -0.2) is 58.9 Å². The lowest BCUT2D eigenvalue weighted by atomic mass is 9.98. The molecule has 6 heteroatoms. The van der Waals surface area contributed by atoms with Crippen molar-refractivity contribution in [3.05, 3.63) is 59.7 Å². The lowest BCUT2D eigenvalue weighted by molar-refractivity contribution is 0.0144. The smallest absolute Gasteiger partial charge is 0.407 e. The van der Waals surface area contributed by atoms with Gasteiger partial charge < -0.3 is 24.3 Å². The normalized spacial score (nSPS) is 12.4. The molecule has 2 aromatic rings. The fraction of sp³-hybridized carbons (Fsp3) is 0.500. The van der Waals surface area contributed by atoms with Crippen LogP contribution >= 0.6 is 0 Å². The molecule has 1 N–H and O–H groups in total. The zero-order valence-corrected chi connectivity index (χ0v) is 19.0. The summed E-state index contributed by atoms with van der Waals surface area (Å²) in [4.78, 5) is 12.1. The fourth-order valence-electron chi connectivity index (χ4n) is 3.87. The monoisotopic (exact) mass is 441 g/mol. The van der Waals surface area contributed by atoms with Gasteiger partial charge in [-0.1, -0.05) is 68.3 Å². The molecule has 1 aliphatic rings. The largest absolute Gasteiger partial charge is 0.449 e. The van der Waals surface area contributed by atoms with E-state index in [-0.39, 0.29) is 5.92 Å². The van der Waals surface area contributed by atoms with Crippen molar-refractivity contribution >= 4 is 6.09 Å². The summed E-state index contributed by atoms with van der Waals surface area (Å²) >= 11 is 0. The number of nitrogens with one attached hydrogen (secondary N) is 1. The molecule has 2 aromatic carbocycles. The second-order valence-electron chi connectivity index (χ2n) is 7.80. The number of alkyl carbamates (subject to hydrolysis) is 1. The van der Waals surface area contributed by atoms with Crippen molar-refractivity contribution in [1.82, 2.24) is 5.32 Å². The highest BCUT2D eigenvalue weighted by Crippen LogP contribution is 2.44. The topological polar surface area (TPSA) is 66.0 Å². The van der Waals surface area contributed by atoms with E-state index in [1.165, 1.54) is 35.1 Å². The third kappa shape index (κ3) is 7.33. The second-order valence-corrected chi connectivity index (χ2v) is 7.80. The Kier molecular flexibility index (Phi) is 10.5. The SMILES string of the molecule is CCCCCOCCOCCOCCNC(=O)OCC1c2ccccc2-c2ccccc21. The van der Waals surface area contributed by atoms with Crippen molar-refractivity contribution in [2.75, 3.05) is 52.8 Å².